The molecule has 3 rings (SSSR count). The molecule has 4 N–H and O–H groups in total. The van der Waals surface area contributed by atoms with E-state index >= 15 is 0 Å². The molecule has 1 aliphatic heterocycles. The number of ether oxygens (including phenoxy) is 2. The number of carbonyl (C=O) groups excluding carboxylic acids is 2. The van der Waals surface area contributed by atoms with Crippen LogP contribution in [0.5, 0.6) is 11.5 Å². The second-order valence-corrected chi connectivity index (χ2v) is 5.54. The Labute approximate surface area is 130 Å². The van der Waals surface area contributed by atoms with Gasteiger partial charge in [-0.1, -0.05) is 0 Å². The SMILES string of the molecule is CNC(=O)Nc1sc(-c2ccc3c(c2)OCO3)cc1C(N)=O. The lowest BCUT2D eigenvalue weighted by molar-refractivity contribution is 0.100. The number of nitrogens with one attached hydrogen (secondary N) is 2. The number of primary amides is 1. The van der Waals surface area contributed by atoms with Crippen molar-refractivity contribution >= 4 is 28.3 Å². The predicted molar refractivity (Wildman–Crippen MR) is 82.5 cm³/mol. The number of nitrogens with two attached hydrogens (primary N) is 1. The lowest BCUT2D eigenvalue weighted by Gasteiger charge is -2.02. The van der Waals surface area contributed by atoms with Crippen molar-refractivity contribution in [3.63, 3.8) is 0 Å². The monoisotopic (exact) mass is 319 g/mol. The maximum atomic E-state index is 11.5. The molecule has 0 unspecified atom stereocenters. The predicted octanol–water partition coefficient (Wildman–Crippen LogP) is 1.99. The van der Waals surface area contributed by atoms with Crippen molar-refractivity contribution in [1.29, 1.82) is 0 Å². The smallest absolute Gasteiger partial charge is 0.319 e. The Kier molecular flexibility index (Phi) is 3.60. The van der Waals surface area contributed by atoms with Gasteiger partial charge in [-0.05, 0) is 29.8 Å². The van der Waals surface area contributed by atoms with Crippen LogP contribution < -0.4 is 25.8 Å². The third-order valence-electron chi connectivity index (χ3n) is 3.11. The van der Waals surface area contributed by atoms with Crippen molar-refractivity contribution < 1.29 is 19.1 Å². The number of benzene rings is 1. The van der Waals surface area contributed by atoms with Gasteiger partial charge in [0.1, 0.15) is 5.00 Å². The van der Waals surface area contributed by atoms with Gasteiger partial charge in [0.2, 0.25) is 6.79 Å². The molecule has 0 saturated carbocycles. The minimum absolute atomic E-state index is 0.194. The minimum Gasteiger partial charge on any atom is -0.454 e. The van der Waals surface area contributed by atoms with E-state index in [1.54, 1.807) is 12.1 Å². The second kappa shape index (κ2) is 5.57. The summed E-state index contributed by atoms with van der Waals surface area (Å²) in [6, 6.07) is 6.71. The third-order valence-corrected chi connectivity index (χ3v) is 4.21. The number of fused-ring (bicyclic) bond motifs is 1. The van der Waals surface area contributed by atoms with E-state index in [9.17, 15) is 9.59 Å². The standard InChI is InChI=1S/C14H13N3O4S/c1-16-14(19)17-13-8(12(15)18)5-11(22-13)7-2-3-9-10(4-7)21-6-20-9/h2-5H,6H2,1H3,(H2,15,18)(H2,16,17,19). The molecule has 3 amide bonds. The quantitative estimate of drug-likeness (QED) is 0.805. The largest absolute Gasteiger partial charge is 0.454 e. The lowest BCUT2D eigenvalue weighted by atomic mass is 10.1. The topological polar surface area (TPSA) is 103 Å². The first-order valence-electron chi connectivity index (χ1n) is 6.41. The van der Waals surface area contributed by atoms with Crippen LogP contribution in [0.3, 0.4) is 0 Å². The molecule has 2 aromatic rings. The van der Waals surface area contributed by atoms with Crippen molar-refractivity contribution in [2.24, 2.45) is 5.73 Å². The van der Waals surface area contributed by atoms with Crippen LogP contribution in [0, 0.1) is 0 Å². The summed E-state index contributed by atoms with van der Waals surface area (Å²) in [6.07, 6.45) is 0. The van der Waals surface area contributed by atoms with Crippen LogP contribution in [0.1, 0.15) is 10.4 Å². The zero-order chi connectivity index (χ0) is 15.7. The highest BCUT2D eigenvalue weighted by atomic mass is 32.1. The summed E-state index contributed by atoms with van der Waals surface area (Å²) in [5.74, 6) is 0.723. The van der Waals surface area contributed by atoms with E-state index in [0.717, 1.165) is 10.4 Å². The maximum Gasteiger partial charge on any atom is 0.319 e. The number of hydrogen-bond acceptors (Lipinski definition) is 5. The minimum atomic E-state index is -0.602. The van der Waals surface area contributed by atoms with E-state index in [-0.39, 0.29) is 12.4 Å². The molecule has 1 aromatic carbocycles. The average molecular weight is 319 g/mol. The van der Waals surface area contributed by atoms with Crippen LogP contribution >= 0.6 is 11.3 Å². The van der Waals surface area contributed by atoms with Crippen molar-refractivity contribution in [2.75, 3.05) is 19.2 Å². The molecule has 0 fully saturated rings. The molecular formula is C14H13N3O4S. The molecule has 1 aliphatic rings. The fourth-order valence-electron chi connectivity index (χ4n) is 2.02. The van der Waals surface area contributed by atoms with E-state index in [4.69, 9.17) is 15.2 Å². The second-order valence-electron chi connectivity index (χ2n) is 4.49. The highest BCUT2D eigenvalue weighted by Gasteiger charge is 2.19. The summed E-state index contributed by atoms with van der Waals surface area (Å²) in [7, 11) is 1.49. The Morgan fingerprint density at radius 2 is 2.00 bits per heavy atom. The van der Waals surface area contributed by atoms with Crippen LogP contribution in [-0.4, -0.2) is 25.8 Å². The Hall–Kier alpha value is -2.74. The number of rotatable bonds is 3. The molecule has 0 saturated heterocycles. The van der Waals surface area contributed by atoms with Crippen molar-refractivity contribution in [2.45, 2.75) is 0 Å². The number of amides is 3. The first kappa shape index (κ1) is 14.2. The van der Waals surface area contributed by atoms with Gasteiger partial charge in [0.25, 0.3) is 5.91 Å². The summed E-state index contributed by atoms with van der Waals surface area (Å²) in [5.41, 5.74) is 6.48. The number of hydrogen-bond donors (Lipinski definition) is 3. The van der Waals surface area contributed by atoms with Gasteiger partial charge in [0.15, 0.2) is 11.5 Å². The van der Waals surface area contributed by atoms with Crippen LogP contribution in [0.4, 0.5) is 9.80 Å². The first-order chi connectivity index (χ1) is 10.6. The van der Waals surface area contributed by atoms with Crippen LogP contribution in [0.15, 0.2) is 24.3 Å². The molecule has 1 aromatic heterocycles. The zero-order valence-electron chi connectivity index (χ0n) is 11.6. The van der Waals surface area contributed by atoms with Crippen molar-refractivity contribution in [3.05, 3.63) is 29.8 Å². The molecule has 2 heterocycles. The summed E-state index contributed by atoms with van der Waals surface area (Å²) < 4.78 is 10.6. The number of urea groups is 1. The van der Waals surface area contributed by atoms with Gasteiger partial charge in [-0.3, -0.25) is 10.1 Å². The third kappa shape index (κ3) is 2.56. The molecule has 0 bridgehead atoms. The Morgan fingerprint density at radius 1 is 1.23 bits per heavy atom. The van der Waals surface area contributed by atoms with E-state index < -0.39 is 11.9 Å². The van der Waals surface area contributed by atoms with Crippen LogP contribution in [0.2, 0.25) is 0 Å². The number of anilines is 1. The molecule has 7 nitrogen and oxygen atoms in total. The van der Waals surface area contributed by atoms with Crippen molar-refractivity contribution in [1.82, 2.24) is 5.32 Å². The fourth-order valence-corrected chi connectivity index (χ4v) is 3.08. The molecule has 8 heteroatoms. The van der Waals surface area contributed by atoms with E-state index in [0.29, 0.717) is 16.5 Å². The normalized spacial score (nSPS) is 12.0. The Balaban J connectivity index is 1.99. The Bertz CT molecular complexity index is 757. The van der Waals surface area contributed by atoms with Gasteiger partial charge >= 0.3 is 6.03 Å². The summed E-state index contributed by atoms with van der Waals surface area (Å²) >= 11 is 1.26. The molecule has 0 aliphatic carbocycles. The van der Waals surface area contributed by atoms with Gasteiger partial charge in [-0.15, -0.1) is 11.3 Å². The van der Waals surface area contributed by atoms with Gasteiger partial charge in [-0.2, -0.15) is 0 Å². The molecule has 22 heavy (non-hydrogen) atoms. The molecule has 114 valence electrons. The molecule has 0 radical (unpaired) electrons. The van der Waals surface area contributed by atoms with E-state index in [1.165, 1.54) is 18.4 Å². The van der Waals surface area contributed by atoms with E-state index in [2.05, 4.69) is 10.6 Å². The lowest BCUT2D eigenvalue weighted by Crippen LogP contribution is -2.25. The molecular weight excluding hydrogens is 306 g/mol. The van der Waals surface area contributed by atoms with Crippen LogP contribution in [-0.2, 0) is 0 Å². The number of carbonyl (C=O) groups is 2. The van der Waals surface area contributed by atoms with Crippen LogP contribution in [0.25, 0.3) is 10.4 Å². The molecule has 0 spiro atoms. The summed E-state index contributed by atoms with van der Waals surface area (Å²) in [4.78, 5) is 23.8. The molecule has 0 atom stereocenters. The fraction of sp³-hybridized carbons (Fsp3) is 0.143. The van der Waals surface area contributed by atoms with Gasteiger partial charge < -0.3 is 20.5 Å². The first-order valence-corrected chi connectivity index (χ1v) is 7.22. The Morgan fingerprint density at radius 3 is 2.73 bits per heavy atom. The van der Waals surface area contributed by atoms with Crippen molar-refractivity contribution in [3.8, 4) is 21.9 Å². The summed E-state index contributed by atoms with van der Waals surface area (Å²) in [5, 5.41) is 5.43. The number of thiophene rings is 1. The highest BCUT2D eigenvalue weighted by molar-refractivity contribution is 7.20. The van der Waals surface area contributed by atoms with Gasteiger partial charge in [0, 0.05) is 11.9 Å². The zero-order valence-corrected chi connectivity index (χ0v) is 12.5. The summed E-state index contributed by atoms with van der Waals surface area (Å²) in [6.45, 7) is 0.194. The highest BCUT2D eigenvalue weighted by Crippen LogP contribution is 2.40. The van der Waals surface area contributed by atoms with Gasteiger partial charge in [-0.25, -0.2) is 4.79 Å². The van der Waals surface area contributed by atoms with E-state index in [1.807, 2.05) is 12.1 Å². The maximum absolute atomic E-state index is 11.5. The van der Waals surface area contributed by atoms with Gasteiger partial charge in [0.05, 0.1) is 5.56 Å². The average Bonchev–Trinajstić information content (AvgIpc) is 3.12.